The van der Waals surface area contributed by atoms with E-state index in [2.05, 4.69) is 28.1 Å². The van der Waals surface area contributed by atoms with Gasteiger partial charge in [-0.15, -0.1) is 0 Å². The van der Waals surface area contributed by atoms with Gasteiger partial charge in [-0.2, -0.15) is 0 Å². The Kier molecular flexibility index (Phi) is 3.28. The van der Waals surface area contributed by atoms with Crippen LogP contribution in [0, 0.1) is 5.92 Å². The lowest BCUT2D eigenvalue weighted by Crippen LogP contribution is -1.97. The lowest BCUT2D eigenvalue weighted by atomic mass is 10.1. The second-order valence-electron chi connectivity index (χ2n) is 4.90. The van der Waals surface area contributed by atoms with Crippen LogP contribution in [0.3, 0.4) is 0 Å². The molecular formula is C14H17BrO2. The van der Waals surface area contributed by atoms with E-state index in [4.69, 9.17) is 9.47 Å². The summed E-state index contributed by atoms with van der Waals surface area (Å²) in [7, 11) is 0. The average molecular weight is 297 g/mol. The number of halogens is 1. The molecule has 92 valence electrons. The van der Waals surface area contributed by atoms with E-state index in [0.29, 0.717) is 4.83 Å². The molecule has 1 aromatic rings. The van der Waals surface area contributed by atoms with Gasteiger partial charge in [0.1, 0.15) is 0 Å². The second kappa shape index (κ2) is 4.89. The SMILES string of the molecule is BrC(CC1CC1)c1ccc2c(c1)OCCCO2. The Labute approximate surface area is 110 Å². The first-order valence-electron chi connectivity index (χ1n) is 6.36. The Morgan fingerprint density at radius 1 is 1.18 bits per heavy atom. The zero-order valence-electron chi connectivity index (χ0n) is 9.82. The van der Waals surface area contributed by atoms with E-state index in [1.54, 1.807) is 0 Å². The zero-order valence-corrected chi connectivity index (χ0v) is 11.4. The van der Waals surface area contributed by atoms with Crippen molar-refractivity contribution in [3.05, 3.63) is 23.8 Å². The third-order valence-corrected chi connectivity index (χ3v) is 4.27. The first kappa shape index (κ1) is 11.4. The van der Waals surface area contributed by atoms with Crippen LogP contribution in [0.25, 0.3) is 0 Å². The van der Waals surface area contributed by atoms with E-state index in [1.807, 2.05) is 6.07 Å². The van der Waals surface area contributed by atoms with Crippen molar-refractivity contribution < 1.29 is 9.47 Å². The Bertz CT molecular complexity index is 401. The van der Waals surface area contributed by atoms with Crippen LogP contribution in [-0.2, 0) is 0 Å². The molecule has 2 aliphatic rings. The molecule has 1 unspecified atom stereocenters. The number of hydrogen-bond donors (Lipinski definition) is 0. The minimum atomic E-state index is 0.451. The van der Waals surface area contributed by atoms with Crippen molar-refractivity contribution in [2.24, 2.45) is 5.92 Å². The molecule has 1 aromatic carbocycles. The molecular weight excluding hydrogens is 280 g/mol. The third-order valence-electron chi connectivity index (χ3n) is 3.37. The molecule has 1 fully saturated rings. The van der Waals surface area contributed by atoms with Crippen LogP contribution in [-0.4, -0.2) is 13.2 Å². The molecule has 1 atom stereocenters. The predicted molar refractivity (Wildman–Crippen MR) is 71.1 cm³/mol. The molecule has 1 saturated carbocycles. The molecule has 1 heterocycles. The summed E-state index contributed by atoms with van der Waals surface area (Å²) in [6, 6.07) is 6.31. The van der Waals surface area contributed by atoms with Crippen molar-refractivity contribution in [2.75, 3.05) is 13.2 Å². The summed E-state index contributed by atoms with van der Waals surface area (Å²) in [5.74, 6) is 2.72. The van der Waals surface area contributed by atoms with E-state index < -0.39 is 0 Å². The highest BCUT2D eigenvalue weighted by molar-refractivity contribution is 9.09. The minimum absolute atomic E-state index is 0.451. The number of ether oxygens (including phenoxy) is 2. The lowest BCUT2D eigenvalue weighted by Gasteiger charge is -2.13. The Morgan fingerprint density at radius 3 is 2.71 bits per heavy atom. The minimum Gasteiger partial charge on any atom is -0.490 e. The van der Waals surface area contributed by atoms with Crippen molar-refractivity contribution in [2.45, 2.75) is 30.5 Å². The first-order valence-corrected chi connectivity index (χ1v) is 7.28. The smallest absolute Gasteiger partial charge is 0.161 e. The summed E-state index contributed by atoms with van der Waals surface area (Å²) in [6.45, 7) is 1.51. The topological polar surface area (TPSA) is 18.5 Å². The van der Waals surface area contributed by atoms with Crippen LogP contribution in [0.5, 0.6) is 11.5 Å². The van der Waals surface area contributed by atoms with Crippen LogP contribution >= 0.6 is 15.9 Å². The first-order chi connectivity index (χ1) is 8.33. The standard InChI is InChI=1S/C14H17BrO2/c15-12(8-10-2-3-10)11-4-5-13-14(9-11)17-7-1-6-16-13/h4-5,9-10,12H,1-3,6-8H2. The monoisotopic (exact) mass is 296 g/mol. The van der Waals surface area contributed by atoms with E-state index in [-0.39, 0.29) is 0 Å². The zero-order chi connectivity index (χ0) is 11.7. The average Bonchev–Trinajstić information content (AvgIpc) is 3.14. The molecule has 0 bridgehead atoms. The molecule has 3 heteroatoms. The van der Waals surface area contributed by atoms with Gasteiger partial charge in [-0.25, -0.2) is 0 Å². The highest BCUT2D eigenvalue weighted by atomic mass is 79.9. The van der Waals surface area contributed by atoms with Crippen molar-refractivity contribution in [1.82, 2.24) is 0 Å². The highest BCUT2D eigenvalue weighted by Gasteiger charge is 2.25. The van der Waals surface area contributed by atoms with Crippen molar-refractivity contribution in [1.29, 1.82) is 0 Å². The van der Waals surface area contributed by atoms with E-state index in [0.717, 1.165) is 37.1 Å². The number of hydrogen-bond acceptors (Lipinski definition) is 2. The largest absolute Gasteiger partial charge is 0.490 e. The molecule has 1 aliphatic carbocycles. The molecule has 0 spiro atoms. The fourth-order valence-electron chi connectivity index (χ4n) is 2.16. The fourth-order valence-corrected chi connectivity index (χ4v) is 2.97. The van der Waals surface area contributed by atoms with Crippen LogP contribution < -0.4 is 9.47 Å². The molecule has 0 radical (unpaired) electrons. The van der Waals surface area contributed by atoms with E-state index in [9.17, 15) is 0 Å². The number of fused-ring (bicyclic) bond motifs is 1. The highest BCUT2D eigenvalue weighted by Crippen LogP contribution is 2.43. The summed E-state index contributed by atoms with van der Waals surface area (Å²) >= 11 is 3.78. The van der Waals surface area contributed by atoms with Gasteiger partial charge in [-0.1, -0.05) is 34.8 Å². The van der Waals surface area contributed by atoms with Crippen molar-refractivity contribution in [3.63, 3.8) is 0 Å². The number of benzene rings is 1. The van der Waals surface area contributed by atoms with Gasteiger partial charge < -0.3 is 9.47 Å². The molecule has 3 rings (SSSR count). The molecule has 0 amide bonds. The van der Waals surface area contributed by atoms with Gasteiger partial charge in [0.05, 0.1) is 13.2 Å². The predicted octanol–water partition coefficient (Wildman–Crippen LogP) is 4.08. The maximum Gasteiger partial charge on any atom is 0.161 e. The normalized spacial score (nSPS) is 20.8. The lowest BCUT2D eigenvalue weighted by molar-refractivity contribution is 0.297. The molecule has 0 aromatic heterocycles. The van der Waals surface area contributed by atoms with Gasteiger partial charge >= 0.3 is 0 Å². The molecule has 1 aliphatic heterocycles. The van der Waals surface area contributed by atoms with Crippen LogP contribution in [0.2, 0.25) is 0 Å². The van der Waals surface area contributed by atoms with Crippen molar-refractivity contribution >= 4 is 15.9 Å². The van der Waals surface area contributed by atoms with Gasteiger partial charge in [0.25, 0.3) is 0 Å². The van der Waals surface area contributed by atoms with Crippen LogP contribution in [0.1, 0.15) is 36.1 Å². The van der Waals surface area contributed by atoms with Gasteiger partial charge in [-0.05, 0) is 30.0 Å². The van der Waals surface area contributed by atoms with Gasteiger partial charge in [0.15, 0.2) is 11.5 Å². The van der Waals surface area contributed by atoms with Crippen LogP contribution in [0.15, 0.2) is 18.2 Å². The molecule has 17 heavy (non-hydrogen) atoms. The third kappa shape index (κ3) is 2.76. The van der Waals surface area contributed by atoms with Gasteiger partial charge in [-0.3, -0.25) is 0 Å². The van der Waals surface area contributed by atoms with E-state index in [1.165, 1.54) is 24.8 Å². The maximum atomic E-state index is 5.71. The summed E-state index contributed by atoms with van der Waals surface area (Å²) in [6.07, 6.45) is 4.99. The van der Waals surface area contributed by atoms with Crippen molar-refractivity contribution in [3.8, 4) is 11.5 Å². The summed E-state index contributed by atoms with van der Waals surface area (Å²) in [5, 5.41) is 0. The Hall–Kier alpha value is -0.700. The molecule has 0 saturated heterocycles. The van der Waals surface area contributed by atoms with Crippen LogP contribution in [0.4, 0.5) is 0 Å². The van der Waals surface area contributed by atoms with E-state index >= 15 is 0 Å². The van der Waals surface area contributed by atoms with Gasteiger partial charge in [0, 0.05) is 11.2 Å². The quantitative estimate of drug-likeness (QED) is 0.783. The summed E-state index contributed by atoms with van der Waals surface area (Å²) < 4.78 is 11.4. The van der Waals surface area contributed by atoms with Gasteiger partial charge in [0.2, 0.25) is 0 Å². The molecule has 2 nitrogen and oxygen atoms in total. The summed E-state index contributed by atoms with van der Waals surface area (Å²) in [4.78, 5) is 0.451. The fraction of sp³-hybridized carbons (Fsp3) is 0.571. The number of rotatable bonds is 3. The number of alkyl halides is 1. The Balaban J connectivity index is 1.78. The summed E-state index contributed by atoms with van der Waals surface area (Å²) in [5.41, 5.74) is 1.31. The Morgan fingerprint density at radius 2 is 1.94 bits per heavy atom. The second-order valence-corrected chi connectivity index (χ2v) is 6.01. The molecule has 0 N–H and O–H groups in total. The maximum absolute atomic E-state index is 5.71.